The van der Waals surface area contributed by atoms with Crippen molar-refractivity contribution in [1.29, 1.82) is 0 Å². The van der Waals surface area contributed by atoms with E-state index in [9.17, 15) is 27.9 Å². The molecule has 0 aliphatic carbocycles. The highest BCUT2D eigenvalue weighted by atomic mass is 19.4. The molecule has 1 fully saturated rings. The molecule has 198 valence electrons. The number of nitrogens with zero attached hydrogens (tertiary/aromatic N) is 2. The highest BCUT2D eigenvalue weighted by Gasteiger charge is 2.47. The molecule has 0 spiro atoms. The van der Waals surface area contributed by atoms with Gasteiger partial charge in [-0.05, 0) is 73.5 Å². The van der Waals surface area contributed by atoms with Crippen molar-refractivity contribution in [3.05, 3.63) is 94.6 Å². The number of ketones is 1. The SMILES string of the molecule is CCOc1ccc(/C(O)=C2\C(=O)C(=O)N(c3cccc(C(F)(F)F)c3)C2c2ccc(N(C)C)cc2)cc1C. The number of rotatable bonds is 6. The van der Waals surface area contributed by atoms with Gasteiger partial charge in [-0.1, -0.05) is 18.2 Å². The van der Waals surface area contributed by atoms with Gasteiger partial charge in [0.05, 0.1) is 23.8 Å². The van der Waals surface area contributed by atoms with E-state index in [1.54, 1.807) is 49.4 Å². The van der Waals surface area contributed by atoms with Crippen LogP contribution in [0.15, 0.2) is 72.3 Å². The Kier molecular flexibility index (Phi) is 7.22. The quantitative estimate of drug-likeness (QED) is 0.240. The van der Waals surface area contributed by atoms with Crippen LogP contribution in [0.5, 0.6) is 5.75 Å². The van der Waals surface area contributed by atoms with E-state index in [1.807, 2.05) is 25.9 Å². The fourth-order valence-corrected chi connectivity index (χ4v) is 4.47. The van der Waals surface area contributed by atoms with Crippen LogP contribution in [0.25, 0.3) is 5.76 Å². The zero-order valence-corrected chi connectivity index (χ0v) is 21.3. The summed E-state index contributed by atoms with van der Waals surface area (Å²) in [6.45, 7) is 4.06. The number of aliphatic hydroxyl groups excluding tert-OH is 1. The maximum absolute atomic E-state index is 13.5. The molecule has 0 radical (unpaired) electrons. The van der Waals surface area contributed by atoms with E-state index in [-0.39, 0.29) is 16.8 Å². The number of carbonyl (C=O) groups is 2. The van der Waals surface area contributed by atoms with E-state index in [2.05, 4.69) is 0 Å². The van der Waals surface area contributed by atoms with E-state index in [0.29, 0.717) is 23.5 Å². The number of amides is 1. The van der Waals surface area contributed by atoms with E-state index < -0.39 is 35.2 Å². The molecule has 6 nitrogen and oxygen atoms in total. The third-order valence-electron chi connectivity index (χ3n) is 6.37. The topological polar surface area (TPSA) is 70.1 Å². The van der Waals surface area contributed by atoms with E-state index >= 15 is 0 Å². The molecule has 0 bridgehead atoms. The van der Waals surface area contributed by atoms with Gasteiger partial charge in [0.1, 0.15) is 11.5 Å². The fourth-order valence-electron chi connectivity index (χ4n) is 4.47. The molecule has 3 aromatic carbocycles. The number of ether oxygens (including phenoxy) is 1. The summed E-state index contributed by atoms with van der Waals surface area (Å²) in [5.74, 6) is -1.85. The molecule has 1 unspecified atom stereocenters. The molecule has 4 rings (SSSR count). The third-order valence-corrected chi connectivity index (χ3v) is 6.37. The minimum atomic E-state index is -4.65. The normalized spacial score (nSPS) is 17.1. The molecule has 9 heteroatoms. The Labute approximate surface area is 218 Å². The molecular weight excluding hydrogens is 497 g/mol. The van der Waals surface area contributed by atoms with E-state index in [1.165, 1.54) is 12.1 Å². The van der Waals surface area contributed by atoms with Crippen LogP contribution in [0, 0.1) is 6.92 Å². The molecule has 1 saturated heterocycles. The number of aliphatic hydroxyl groups is 1. The van der Waals surface area contributed by atoms with Gasteiger partial charge in [-0.25, -0.2) is 0 Å². The Hall–Kier alpha value is -4.27. The molecule has 1 N–H and O–H groups in total. The van der Waals surface area contributed by atoms with Crippen molar-refractivity contribution in [1.82, 2.24) is 0 Å². The highest BCUT2D eigenvalue weighted by molar-refractivity contribution is 6.51. The predicted molar refractivity (Wildman–Crippen MR) is 139 cm³/mol. The number of hydrogen-bond donors (Lipinski definition) is 1. The molecule has 38 heavy (non-hydrogen) atoms. The van der Waals surface area contributed by atoms with Gasteiger partial charge >= 0.3 is 6.18 Å². The molecule has 0 aromatic heterocycles. The predicted octanol–water partition coefficient (Wildman–Crippen LogP) is 6.10. The summed E-state index contributed by atoms with van der Waals surface area (Å²) in [6, 6.07) is 14.8. The Morgan fingerprint density at radius 2 is 1.71 bits per heavy atom. The second-order valence-electron chi connectivity index (χ2n) is 9.12. The Balaban J connectivity index is 1.92. The van der Waals surface area contributed by atoms with Gasteiger partial charge in [-0.15, -0.1) is 0 Å². The fraction of sp³-hybridized carbons (Fsp3) is 0.241. The van der Waals surface area contributed by atoms with E-state index in [0.717, 1.165) is 22.7 Å². The molecule has 1 atom stereocenters. The van der Waals surface area contributed by atoms with Crippen LogP contribution >= 0.6 is 0 Å². The largest absolute Gasteiger partial charge is 0.507 e. The lowest BCUT2D eigenvalue weighted by Gasteiger charge is -2.26. The Morgan fingerprint density at radius 1 is 1.03 bits per heavy atom. The first-order valence-corrected chi connectivity index (χ1v) is 11.9. The minimum absolute atomic E-state index is 0.106. The summed E-state index contributed by atoms with van der Waals surface area (Å²) in [5, 5.41) is 11.3. The van der Waals surface area contributed by atoms with Crippen molar-refractivity contribution in [3.8, 4) is 5.75 Å². The number of carbonyl (C=O) groups excluding carboxylic acids is 2. The summed E-state index contributed by atoms with van der Waals surface area (Å²) in [5.41, 5.74) is 1.00. The lowest BCUT2D eigenvalue weighted by Crippen LogP contribution is -2.29. The van der Waals surface area contributed by atoms with Crippen LogP contribution in [0.1, 0.15) is 35.2 Å². The standard InChI is InChI=1S/C29H27F3N2O4/c1-5-38-23-14-11-19(15-17(23)2)26(35)24-25(18-9-12-21(13-10-18)33(3)4)34(28(37)27(24)36)22-8-6-7-20(16-22)29(30,31)32/h6-16,25,35H,5H2,1-4H3/b26-24+. The smallest absolute Gasteiger partial charge is 0.416 e. The van der Waals surface area contributed by atoms with Crippen LogP contribution < -0.4 is 14.5 Å². The first kappa shape index (κ1) is 26.8. The zero-order chi connectivity index (χ0) is 27.8. The van der Waals surface area contributed by atoms with Gasteiger partial charge < -0.3 is 14.7 Å². The number of alkyl halides is 3. The molecule has 3 aromatic rings. The van der Waals surface area contributed by atoms with Gasteiger partial charge in [0.15, 0.2) is 0 Å². The Bertz CT molecular complexity index is 1410. The van der Waals surface area contributed by atoms with Crippen molar-refractivity contribution in [2.45, 2.75) is 26.1 Å². The maximum atomic E-state index is 13.5. The third kappa shape index (κ3) is 4.96. The van der Waals surface area contributed by atoms with Crippen LogP contribution in [0.4, 0.5) is 24.5 Å². The average molecular weight is 525 g/mol. The van der Waals surface area contributed by atoms with Crippen molar-refractivity contribution >= 4 is 28.8 Å². The number of benzene rings is 3. The van der Waals surface area contributed by atoms with Gasteiger partial charge in [-0.2, -0.15) is 13.2 Å². The lowest BCUT2D eigenvalue weighted by atomic mass is 9.94. The van der Waals surface area contributed by atoms with Crippen molar-refractivity contribution < 1.29 is 32.6 Å². The molecular formula is C29H27F3N2O4. The van der Waals surface area contributed by atoms with Crippen LogP contribution in [-0.4, -0.2) is 37.5 Å². The molecule has 1 amide bonds. The molecule has 0 saturated carbocycles. The van der Waals surface area contributed by atoms with Crippen molar-refractivity contribution in [2.75, 3.05) is 30.5 Å². The lowest BCUT2D eigenvalue weighted by molar-refractivity contribution is -0.137. The van der Waals surface area contributed by atoms with Crippen molar-refractivity contribution in [3.63, 3.8) is 0 Å². The first-order chi connectivity index (χ1) is 17.9. The first-order valence-electron chi connectivity index (χ1n) is 11.9. The van der Waals surface area contributed by atoms with E-state index in [4.69, 9.17) is 4.74 Å². The number of hydrogen-bond acceptors (Lipinski definition) is 5. The Morgan fingerprint density at radius 3 is 2.29 bits per heavy atom. The maximum Gasteiger partial charge on any atom is 0.416 e. The zero-order valence-electron chi connectivity index (χ0n) is 21.3. The van der Waals surface area contributed by atoms with Gasteiger partial charge in [0.25, 0.3) is 11.7 Å². The number of Topliss-reactive ketones (excluding diaryl/α,β-unsaturated/α-hetero) is 1. The second-order valence-corrected chi connectivity index (χ2v) is 9.12. The van der Waals surface area contributed by atoms with Gasteiger partial charge in [-0.3, -0.25) is 14.5 Å². The summed E-state index contributed by atoms with van der Waals surface area (Å²) in [6.07, 6.45) is -4.65. The monoisotopic (exact) mass is 524 g/mol. The summed E-state index contributed by atoms with van der Waals surface area (Å²) in [4.78, 5) is 29.5. The summed E-state index contributed by atoms with van der Waals surface area (Å²) < 4.78 is 46.0. The average Bonchev–Trinajstić information content (AvgIpc) is 3.14. The number of anilines is 2. The minimum Gasteiger partial charge on any atom is -0.507 e. The van der Waals surface area contributed by atoms with Crippen molar-refractivity contribution in [2.24, 2.45) is 0 Å². The highest BCUT2D eigenvalue weighted by Crippen LogP contribution is 2.44. The number of aryl methyl sites for hydroxylation is 1. The molecule has 1 aliphatic rings. The molecule has 1 aliphatic heterocycles. The van der Waals surface area contributed by atoms with Gasteiger partial charge in [0, 0.05) is 31.0 Å². The molecule has 1 heterocycles. The van der Waals surface area contributed by atoms with Gasteiger partial charge in [0.2, 0.25) is 0 Å². The summed E-state index contributed by atoms with van der Waals surface area (Å²) >= 11 is 0. The van der Waals surface area contributed by atoms with Crippen LogP contribution in [0.3, 0.4) is 0 Å². The number of halogens is 3. The summed E-state index contributed by atoms with van der Waals surface area (Å²) in [7, 11) is 3.69. The van der Waals surface area contributed by atoms with Crippen LogP contribution in [0.2, 0.25) is 0 Å². The second kappa shape index (κ2) is 10.2. The van der Waals surface area contributed by atoms with Crippen LogP contribution in [-0.2, 0) is 15.8 Å².